The number of nitro benzene ring substituents is 1. The molecule has 5 rings (SSSR count). The Kier molecular flexibility index (Phi) is 4.52. The van der Waals surface area contributed by atoms with Crippen molar-refractivity contribution < 1.29 is 18.4 Å². The molecule has 1 saturated carbocycles. The van der Waals surface area contributed by atoms with Crippen molar-refractivity contribution in [3.05, 3.63) is 68.5 Å². The number of aromatic nitrogens is 1. The third-order valence-electron chi connectivity index (χ3n) is 5.76. The minimum absolute atomic E-state index is 0.0475. The fraction of sp³-hybridized carbons (Fsp3) is 0.238. The van der Waals surface area contributed by atoms with Gasteiger partial charge in [-0.3, -0.25) is 14.9 Å². The summed E-state index contributed by atoms with van der Waals surface area (Å²) >= 11 is 0. The van der Waals surface area contributed by atoms with Crippen LogP contribution < -0.4 is 10.9 Å². The largest absolute Gasteiger partial charge is 0.506 e. The monoisotopic (exact) mass is 454 g/mol. The molecule has 1 aliphatic carbocycles. The summed E-state index contributed by atoms with van der Waals surface area (Å²) in [6.45, 7) is 0.335. The lowest BCUT2D eigenvalue weighted by Crippen LogP contribution is -2.32. The summed E-state index contributed by atoms with van der Waals surface area (Å²) in [6, 6.07) is 9.95. The van der Waals surface area contributed by atoms with Crippen molar-refractivity contribution >= 4 is 38.1 Å². The highest BCUT2D eigenvalue weighted by Gasteiger charge is 2.30. The number of hydrogen-bond donors (Lipinski definition) is 2. The highest BCUT2D eigenvalue weighted by molar-refractivity contribution is 7.90. The Morgan fingerprint density at radius 3 is 2.69 bits per heavy atom. The average molecular weight is 454 g/mol. The minimum atomic E-state index is -4.12. The lowest BCUT2D eigenvalue weighted by molar-refractivity contribution is -0.384. The first kappa shape index (κ1) is 20.2. The number of nitro groups is 1. The Morgan fingerprint density at radius 1 is 1.22 bits per heavy atom. The van der Waals surface area contributed by atoms with Gasteiger partial charge in [0.25, 0.3) is 21.3 Å². The number of hydrogen-bond acceptors (Lipinski definition) is 7. The first-order chi connectivity index (χ1) is 15.3. The van der Waals surface area contributed by atoms with Crippen LogP contribution in [0.3, 0.4) is 0 Å². The Hall–Kier alpha value is -3.73. The number of rotatable bonds is 5. The van der Waals surface area contributed by atoms with Gasteiger partial charge in [-0.2, -0.15) is 8.42 Å². The molecule has 2 heterocycles. The molecule has 11 heteroatoms. The second-order valence-electron chi connectivity index (χ2n) is 7.91. The van der Waals surface area contributed by atoms with Crippen molar-refractivity contribution in [2.45, 2.75) is 30.7 Å². The second-order valence-corrected chi connectivity index (χ2v) is 9.48. The number of nitrogens with zero attached hydrogens (tertiary/aromatic N) is 3. The number of benzene rings is 2. The molecule has 2 aromatic carbocycles. The number of sulfonamides is 1. The number of para-hydroxylation sites is 1. The van der Waals surface area contributed by atoms with Gasteiger partial charge in [0.05, 0.1) is 16.1 Å². The number of anilines is 1. The van der Waals surface area contributed by atoms with Crippen LogP contribution in [0.4, 0.5) is 11.4 Å². The van der Waals surface area contributed by atoms with E-state index in [1.54, 1.807) is 12.1 Å². The Bertz CT molecular complexity index is 1490. The molecular formula is C21H18N4O6S. The lowest BCUT2D eigenvalue weighted by atomic mass is 10.1. The predicted octanol–water partition coefficient (Wildman–Crippen LogP) is 2.98. The van der Waals surface area contributed by atoms with Crippen LogP contribution in [-0.2, 0) is 16.6 Å². The van der Waals surface area contributed by atoms with E-state index in [2.05, 4.69) is 9.71 Å². The standard InChI is InChI=1S/C21H18N4O6S/c26-19-14-11-13(25(28)29)7-8-16(14)24(10-9-12-5-6-12)21(27)18(19)20-22-15-3-1-2-4-17(15)32(30,31)23-20/h1-4,7-8,11-12,26H,5-6,9-10H2,(H,22,23). The molecule has 10 nitrogen and oxygen atoms in total. The molecule has 0 saturated heterocycles. The van der Waals surface area contributed by atoms with Crippen LogP contribution >= 0.6 is 0 Å². The molecule has 1 aromatic heterocycles. The average Bonchev–Trinajstić information content (AvgIpc) is 3.57. The fourth-order valence-electron chi connectivity index (χ4n) is 3.92. The summed E-state index contributed by atoms with van der Waals surface area (Å²) in [6.07, 6.45) is 2.88. The molecule has 0 bridgehead atoms. The molecule has 3 aromatic rings. The van der Waals surface area contributed by atoms with Gasteiger partial charge in [0.2, 0.25) is 0 Å². The molecular weight excluding hydrogens is 436 g/mol. The number of fused-ring (bicyclic) bond motifs is 2. The summed E-state index contributed by atoms with van der Waals surface area (Å²) in [4.78, 5) is 24.1. The van der Waals surface area contributed by atoms with Crippen molar-refractivity contribution in [1.82, 2.24) is 4.57 Å². The van der Waals surface area contributed by atoms with Crippen LogP contribution in [0.2, 0.25) is 0 Å². The van der Waals surface area contributed by atoms with Crippen LogP contribution in [-0.4, -0.2) is 28.9 Å². The highest BCUT2D eigenvalue weighted by atomic mass is 32.2. The number of amidine groups is 1. The van der Waals surface area contributed by atoms with E-state index in [9.17, 15) is 28.4 Å². The molecule has 0 spiro atoms. The maximum absolute atomic E-state index is 13.4. The van der Waals surface area contributed by atoms with Gasteiger partial charge in [0, 0.05) is 24.1 Å². The summed E-state index contributed by atoms with van der Waals surface area (Å²) in [7, 11) is -4.12. The number of aromatic hydroxyl groups is 1. The molecule has 32 heavy (non-hydrogen) atoms. The van der Waals surface area contributed by atoms with Gasteiger partial charge < -0.3 is 15.0 Å². The van der Waals surface area contributed by atoms with E-state index in [0.717, 1.165) is 19.3 Å². The Balaban J connectivity index is 1.76. The smallest absolute Gasteiger partial charge is 0.286 e. The third kappa shape index (κ3) is 3.30. The fourth-order valence-corrected chi connectivity index (χ4v) is 5.04. The van der Waals surface area contributed by atoms with Crippen molar-refractivity contribution in [2.24, 2.45) is 10.3 Å². The van der Waals surface area contributed by atoms with E-state index < -0.39 is 26.3 Å². The van der Waals surface area contributed by atoms with Gasteiger partial charge in [-0.25, -0.2) is 0 Å². The van der Waals surface area contributed by atoms with Crippen LogP contribution in [0.15, 0.2) is 56.6 Å². The quantitative estimate of drug-likeness (QED) is 0.445. The maximum Gasteiger partial charge on any atom is 0.286 e. The zero-order valence-electron chi connectivity index (χ0n) is 16.7. The Morgan fingerprint density at radius 2 is 1.97 bits per heavy atom. The molecule has 0 amide bonds. The number of nitrogens with one attached hydrogen (secondary N) is 1. The van der Waals surface area contributed by atoms with Gasteiger partial charge in [-0.1, -0.05) is 25.0 Å². The molecule has 164 valence electrons. The van der Waals surface area contributed by atoms with Crippen molar-refractivity contribution in [3.8, 4) is 5.75 Å². The number of non-ortho nitro benzene ring substituents is 1. The van der Waals surface area contributed by atoms with Crippen LogP contribution in [0.1, 0.15) is 24.8 Å². The zero-order valence-corrected chi connectivity index (χ0v) is 17.5. The van der Waals surface area contributed by atoms with Crippen molar-refractivity contribution in [1.29, 1.82) is 0 Å². The summed E-state index contributed by atoms with van der Waals surface area (Å²) in [5.74, 6) is -0.373. The predicted molar refractivity (Wildman–Crippen MR) is 118 cm³/mol. The molecule has 2 aliphatic rings. The van der Waals surface area contributed by atoms with E-state index in [-0.39, 0.29) is 33.1 Å². The van der Waals surface area contributed by atoms with Gasteiger partial charge in [-0.15, -0.1) is 4.40 Å². The molecule has 2 N–H and O–H groups in total. The third-order valence-corrected chi connectivity index (χ3v) is 7.09. The highest BCUT2D eigenvalue weighted by Crippen LogP contribution is 2.35. The Labute approximate surface area is 182 Å². The van der Waals surface area contributed by atoms with Gasteiger partial charge >= 0.3 is 0 Å². The molecule has 0 radical (unpaired) electrons. The molecule has 1 aliphatic heterocycles. The summed E-state index contributed by atoms with van der Waals surface area (Å²) in [5, 5.41) is 25.1. The van der Waals surface area contributed by atoms with Gasteiger partial charge in [0.1, 0.15) is 16.2 Å². The van der Waals surface area contributed by atoms with E-state index >= 15 is 0 Å². The van der Waals surface area contributed by atoms with Gasteiger partial charge in [0.15, 0.2) is 5.84 Å². The molecule has 1 fully saturated rings. The first-order valence-electron chi connectivity index (χ1n) is 10.0. The normalized spacial score (nSPS) is 16.8. The molecule has 0 atom stereocenters. The van der Waals surface area contributed by atoms with Crippen molar-refractivity contribution in [3.63, 3.8) is 0 Å². The van der Waals surface area contributed by atoms with Crippen molar-refractivity contribution in [2.75, 3.05) is 5.32 Å². The second kappa shape index (κ2) is 7.16. The number of pyridine rings is 1. The van der Waals surface area contributed by atoms with Gasteiger partial charge in [-0.05, 0) is 30.5 Å². The van der Waals surface area contributed by atoms with E-state index in [1.807, 2.05) is 0 Å². The maximum atomic E-state index is 13.4. The van der Waals surface area contributed by atoms with Crippen LogP contribution in [0, 0.1) is 16.0 Å². The van der Waals surface area contributed by atoms with E-state index in [0.29, 0.717) is 18.0 Å². The zero-order chi connectivity index (χ0) is 22.6. The minimum Gasteiger partial charge on any atom is -0.506 e. The van der Waals surface area contributed by atoms with Crippen LogP contribution in [0.25, 0.3) is 10.9 Å². The summed E-state index contributed by atoms with van der Waals surface area (Å²) < 4.78 is 30.5. The van der Waals surface area contributed by atoms with Crippen LogP contribution in [0.5, 0.6) is 5.75 Å². The lowest BCUT2D eigenvalue weighted by Gasteiger charge is -2.20. The SMILES string of the molecule is O=c1c(C2=NS(=O)(=O)c3ccccc3N2)c(O)c2cc([N+](=O)[O-])ccc2n1CCC1CC1. The number of aryl methyl sites for hydroxylation is 1. The summed E-state index contributed by atoms with van der Waals surface area (Å²) in [5.41, 5.74) is -0.665. The topological polar surface area (TPSA) is 144 Å². The first-order valence-corrected chi connectivity index (χ1v) is 11.5. The van der Waals surface area contributed by atoms with E-state index in [1.165, 1.54) is 34.9 Å². The molecule has 0 unspecified atom stereocenters. The van der Waals surface area contributed by atoms with E-state index in [4.69, 9.17) is 0 Å².